The number of hydrogen-bond acceptors (Lipinski definition) is 6. The summed E-state index contributed by atoms with van der Waals surface area (Å²) >= 11 is 6.63. The number of amides is 3. The van der Waals surface area contributed by atoms with Crippen molar-refractivity contribution in [2.24, 2.45) is 17.8 Å². The number of fused-ring (bicyclic) bond motifs is 1. The van der Waals surface area contributed by atoms with Crippen LogP contribution in [0.1, 0.15) is 53.4 Å². The molecule has 2 aromatic carbocycles. The van der Waals surface area contributed by atoms with Crippen LogP contribution in [0, 0.1) is 17.8 Å². The molecule has 1 N–H and O–H groups in total. The van der Waals surface area contributed by atoms with Gasteiger partial charge < -0.3 is 29.3 Å². The lowest BCUT2D eigenvalue weighted by Gasteiger charge is -2.40. The van der Waals surface area contributed by atoms with E-state index in [1.54, 1.807) is 46.2 Å². The highest BCUT2D eigenvalue weighted by molar-refractivity contribution is 6.34. The summed E-state index contributed by atoms with van der Waals surface area (Å²) in [7, 11) is 0. The summed E-state index contributed by atoms with van der Waals surface area (Å²) in [5, 5.41) is 11.1. The van der Waals surface area contributed by atoms with Gasteiger partial charge in [0.25, 0.3) is 5.91 Å². The van der Waals surface area contributed by atoms with Gasteiger partial charge in [-0.2, -0.15) is 0 Å². The normalized spacial score (nSPS) is 26.4. The number of halogens is 1. The fourth-order valence-corrected chi connectivity index (χ4v) is 8.52. The molecule has 3 saturated heterocycles. The van der Waals surface area contributed by atoms with Gasteiger partial charge >= 0.3 is 0 Å². The molecule has 5 rings (SSSR count). The quantitative estimate of drug-likeness (QED) is 0.231. The van der Waals surface area contributed by atoms with Crippen molar-refractivity contribution in [3.63, 3.8) is 0 Å². The molecule has 3 amide bonds. The number of carbonyl (C=O) groups is 3. The van der Waals surface area contributed by atoms with Crippen molar-refractivity contribution in [3.8, 4) is 5.75 Å². The SMILES string of the molecule is C=CCN(C(=O)[C@@H]1[C@H]2C(=O)N([C@@H](CO)CC(C)C)C(C(=O)N(CC=C)c3ccccc3Cl)C23CC[C@@]1(CC)O3)c1ccc(OCC)cc1. The molecule has 258 valence electrons. The van der Waals surface area contributed by atoms with Gasteiger partial charge in [-0.1, -0.05) is 56.7 Å². The lowest BCUT2D eigenvalue weighted by Crippen LogP contribution is -2.59. The minimum Gasteiger partial charge on any atom is -0.494 e. The molecule has 9 nitrogen and oxygen atoms in total. The molecule has 3 heterocycles. The average Bonchev–Trinajstić information content (AvgIpc) is 3.69. The molecule has 2 aromatic rings. The highest BCUT2D eigenvalue weighted by Crippen LogP contribution is 2.65. The molecule has 0 radical (unpaired) electrons. The van der Waals surface area contributed by atoms with Crippen molar-refractivity contribution in [3.05, 3.63) is 78.9 Å². The Balaban J connectivity index is 1.65. The summed E-state index contributed by atoms with van der Waals surface area (Å²) in [6.07, 6.45) is 5.15. The molecule has 3 fully saturated rings. The van der Waals surface area contributed by atoms with E-state index in [0.717, 1.165) is 0 Å². The Bertz CT molecular complexity index is 1530. The van der Waals surface area contributed by atoms with Gasteiger partial charge in [-0.15, -0.1) is 13.2 Å². The van der Waals surface area contributed by atoms with E-state index >= 15 is 4.79 Å². The van der Waals surface area contributed by atoms with E-state index in [1.165, 1.54) is 4.90 Å². The Hall–Kier alpha value is -3.66. The fourth-order valence-electron chi connectivity index (χ4n) is 8.29. The number of aliphatic hydroxyl groups excluding tert-OH is 1. The van der Waals surface area contributed by atoms with Crippen LogP contribution in [0.2, 0.25) is 5.02 Å². The summed E-state index contributed by atoms with van der Waals surface area (Å²) in [5.41, 5.74) is -1.11. The summed E-state index contributed by atoms with van der Waals surface area (Å²) < 4.78 is 12.7. The van der Waals surface area contributed by atoms with Crippen molar-refractivity contribution >= 4 is 40.7 Å². The highest BCUT2D eigenvalue weighted by atomic mass is 35.5. The van der Waals surface area contributed by atoms with Crippen LogP contribution < -0.4 is 14.5 Å². The number of carbonyl (C=O) groups excluding carboxylic acids is 3. The average molecular weight is 678 g/mol. The Morgan fingerprint density at radius 3 is 2.31 bits per heavy atom. The van der Waals surface area contributed by atoms with Gasteiger partial charge in [0.2, 0.25) is 11.8 Å². The first-order chi connectivity index (χ1) is 23.0. The highest BCUT2D eigenvalue weighted by Gasteiger charge is 2.79. The predicted octanol–water partition coefficient (Wildman–Crippen LogP) is 6.04. The molecule has 3 aliphatic heterocycles. The van der Waals surface area contributed by atoms with Crippen LogP contribution in [-0.2, 0) is 19.1 Å². The van der Waals surface area contributed by atoms with Crippen LogP contribution in [0.25, 0.3) is 0 Å². The molecule has 48 heavy (non-hydrogen) atoms. The Kier molecular flexibility index (Phi) is 10.7. The number of nitrogens with zero attached hydrogens (tertiary/aromatic N) is 3. The van der Waals surface area contributed by atoms with Crippen molar-refractivity contribution in [1.29, 1.82) is 0 Å². The number of anilines is 2. The number of likely N-dealkylation sites (tertiary alicyclic amines) is 1. The number of hydrogen-bond donors (Lipinski definition) is 1. The standard InChI is InChI=1S/C38H48ClN3O6/c1-7-21-40(26-15-17-28(18-16-26)47-10-4)34(44)31-32-35(45)42(27(24-43)23-25(5)6)33(38(32)20-19-37(31,9-3)48-38)36(46)41(22-8-2)30-14-12-11-13-29(30)39/h7-8,11-18,25,27,31-33,43H,1-2,9-10,19-24H2,3-6H3/t27-,31+,32+,33?,37-,38?/m1/s1. The zero-order valence-electron chi connectivity index (χ0n) is 28.4. The molecular weight excluding hydrogens is 630 g/mol. The zero-order chi connectivity index (χ0) is 34.8. The summed E-state index contributed by atoms with van der Waals surface area (Å²) in [6.45, 7) is 16.2. The molecule has 0 aromatic heterocycles. The molecule has 1 spiro atoms. The number of rotatable bonds is 15. The molecule has 2 unspecified atom stereocenters. The van der Waals surface area contributed by atoms with E-state index in [1.807, 2.05) is 52.0 Å². The monoisotopic (exact) mass is 677 g/mol. The Morgan fingerprint density at radius 2 is 1.73 bits per heavy atom. The minimum absolute atomic E-state index is 0.121. The summed E-state index contributed by atoms with van der Waals surface area (Å²) in [6, 6.07) is 12.6. The largest absolute Gasteiger partial charge is 0.494 e. The van der Waals surface area contributed by atoms with E-state index in [-0.39, 0.29) is 43.3 Å². The smallest absolute Gasteiger partial charge is 0.253 e. The Labute approximate surface area is 289 Å². The van der Waals surface area contributed by atoms with E-state index in [9.17, 15) is 14.7 Å². The first-order valence-electron chi connectivity index (χ1n) is 17.0. The first-order valence-corrected chi connectivity index (χ1v) is 17.4. The number of para-hydroxylation sites is 1. The fraction of sp³-hybridized carbons (Fsp3) is 0.500. The van der Waals surface area contributed by atoms with Crippen LogP contribution in [0.4, 0.5) is 11.4 Å². The molecule has 3 aliphatic rings. The summed E-state index contributed by atoms with van der Waals surface area (Å²) in [5.74, 6) is -1.96. The maximum absolute atomic E-state index is 15.0. The number of aliphatic hydroxyl groups is 1. The van der Waals surface area contributed by atoms with Gasteiger partial charge in [-0.3, -0.25) is 14.4 Å². The third-order valence-corrected chi connectivity index (χ3v) is 10.5. The molecule has 0 aliphatic carbocycles. The lowest BCUT2D eigenvalue weighted by atomic mass is 9.64. The maximum atomic E-state index is 15.0. The second-order valence-corrected chi connectivity index (χ2v) is 13.8. The molecular formula is C38H48ClN3O6. The van der Waals surface area contributed by atoms with E-state index in [4.69, 9.17) is 21.1 Å². The molecule has 10 heteroatoms. The molecule has 6 atom stereocenters. The van der Waals surface area contributed by atoms with E-state index in [0.29, 0.717) is 54.4 Å². The van der Waals surface area contributed by atoms with Crippen LogP contribution in [0.5, 0.6) is 5.75 Å². The van der Waals surface area contributed by atoms with E-state index < -0.39 is 35.1 Å². The third kappa shape index (κ3) is 5.94. The van der Waals surface area contributed by atoms with Gasteiger partial charge in [-0.25, -0.2) is 0 Å². The lowest BCUT2D eigenvalue weighted by molar-refractivity contribution is -0.149. The third-order valence-electron chi connectivity index (χ3n) is 10.2. The van der Waals surface area contributed by atoms with Gasteiger partial charge in [0, 0.05) is 18.8 Å². The van der Waals surface area contributed by atoms with E-state index in [2.05, 4.69) is 13.2 Å². The van der Waals surface area contributed by atoms with Crippen molar-refractivity contribution in [2.45, 2.75) is 76.7 Å². The first kappa shape index (κ1) is 35.6. The number of ether oxygens (including phenoxy) is 2. The van der Waals surface area contributed by atoms with Gasteiger partial charge in [0.05, 0.1) is 47.4 Å². The van der Waals surface area contributed by atoms with Crippen molar-refractivity contribution < 1.29 is 29.0 Å². The predicted molar refractivity (Wildman–Crippen MR) is 188 cm³/mol. The van der Waals surface area contributed by atoms with Crippen LogP contribution in [0.3, 0.4) is 0 Å². The Morgan fingerprint density at radius 1 is 1.06 bits per heavy atom. The van der Waals surface area contributed by atoms with Gasteiger partial charge in [0.15, 0.2) is 0 Å². The van der Waals surface area contributed by atoms with Crippen molar-refractivity contribution in [2.75, 3.05) is 36.1 Å². The molecule has 0 saturated carbocycles. The molecule has 2 bridgehead atoms. The van der Waals surface area contributed by atoms with Crippen LogP contribution in [-0.4, -0.2) is 77.3 Å². The van der Waals surface area contributed by atoms with Crippen LogP contribution in [0.15, 0.2) is 73.8 Å². The van der Waals surface area contributed by atoms with Crippen molar-refractivity contribution in [1.82, 2.24) is 4.90 Å². The minimum atomic E-state index is -1.28. The summed E-state index contributed by atoms with van der Waals surface area (Å²) in [4.78, 5) is 49.6. The van der Waals surface area contributed by atoms with Crippen LogP contribution >= 0.6 is 11.6 Å². The maximum Gasteiger partial charge on any atom is 0.253 e. The second-order valence-electron chi connectivity index (χ2n) is 13.4. The zero-order valence-corrected chi connectivity index (χ0v) is 29.2. The number of benzene rings is 2. The van der Waals surface area contributed by atoms with Gasteiger partial charge in [0.1, 0.15) is 17.4 Å². The topological polar surface area (TPSA) is 99.6 Å². The van der Waals surface area contributed by atoms with Gasteiger partial charge in [-0.05, 0) is 74.9 Å². The second kappa shape index (κ2) is 14.4.